The van der Waals surface area contributed by atoms with Crippen LogP contribution in [0.1, 0.15) is 22.3 Å². The molecule has 7 aromatic carbocycles. The second kappa shape index (κ2) is 11.5. The molecular formula is C53H31N3S. The molecular weight excluding hydrogens is 711 g/mol. The highest BCUT2D eigenvalue weighted by Crippen LogP contribution is 2.63. The highest BCUT2D eigenvalue weighted by molar-refractivity contribution is 7.26. The molecule has 2 aliphatic carbocycles. The third-order valence-electron chi connectivity index (χ3n) is 12.5. The van der Waals surface area contributed by atoms with E-state index in [0.717, 1.165) is 27.8 Å². The van der Waals surface area contributed by atoms with Crippen LogP contribution in [0, 0.1) is 0 Å². The van der Waals surface area contributed by atoms with Gasteiger partial charge in [-0.15, -0.1) is 11.3 Å². The molecule has 0 fully saturated rings. The summed E-state index contributed by atoms with van der Waals surface area (Å²) in [6, 6.07) is 65.4. The molecule has 0 N–H and O–H groups in total. The van der Waals surface area contributed by atoms with Crippen LogP contribution in [-0.4, -0.2) is 14.5 Å². The Morgan fingerprint density at radius 3 is 1.93 bits per heavy atom. The standard InChI is InChI=1S/C53H31N3S/c1-2-13-35-34(12-1)36-14-3-6-18-42(36)53(43-19-7-4-15-39(43)50-44(53)25-27-48-51(50)40-16-5-8-20-47(40)57-48)45-31-33(22-24-37(35)45)32-23-26-46-41(30-32)38-17-11-29-55-52(38)56(46)49-21-9-10-28-54-49/h1-31H. The lowest BCUT2D eigenvalue weighted by atomic mass is 9.65. The first kappa shape index (κ1) is 31.1. The molecule has 1 unspecified atom stereocenters. The summed E-state index contributed by atoms with van der Waals surface area (Å²) >= 11 is 1.89. The summed E-state index contributed by atoms with van der Waals surface area (Å²) in [7, 11) is 0. The van der Waals surface area contributed by atoms with Gasteiger partial charge in [0.25, 0.3) is 0 Å². The molecule has 4 heteroatoms. The first-order chi connectivity index (χ1) is 28.3. The minimum Gasteiger partial charge on any atom is -0.278 e. The van der Waals surface area contributed by atoms with Crippen molar-refractivity contribution >= 4 is 53.4 Å². The summed E-state index contributed by atoms with van der Waals surface area (Å²) in [5.74, 6) is 0.860. The minimum atomic E-state index is -0.576. The fraction of sp³-hybridized carbons (Fsp3) is 0.0189. The third-order valence-corrected chi connectivity index (χ3v) is 13.7. The molecule has 2 aliphatic rings. The van der Waals surface area contributed by atoms with Crippen molar-refractivity contribution in [3.63, 3.8) is 0 Å². The maximum Gasteiger partial charge on any atom is 0.146 e. The Labute approximate surface area is 332 Å². The van der Waals surface area contributed by atoms with Gasteiger partial charge in [-0.2, -0.15) is 0 Å². The molecule has 0 radical (unpaired) electrons. The quantitative estimate of drug-likeness (QED) is 0.177. The zero-order valence-electron chi connectivity index (χ0n) is 30.6. The summed E-state index contributed by atoms with van der Waals surface area (Å²) in [5, 5.41) is 4.95. The lowest BCUT2D eigenvalue weighted by Crippen LogP contribution is -2.29. The molecule has 57 heavy (non-hydrogen) atoms. The summed E-state index contributed by atoms with van der Waals surface area (Å²) in [6.07, 6.45) is 3.71. The van der Waals surface area contributed by atoms with E-state index >= 15 is 0 Å². The van der Waals surface area contributed by atoms with Crippen molar-refractivity contribution in [1.82, 2.24) is 14.5 Å². The number of fused-ring (bicyclic) bond motifs is 19. The van der Waals surface area contributed by atoms with E-state index < -0.39 is 5.41 Å². The molecule has 0 amide bonds. The third kappa shape index (κ3) is 4.05. The molecule has 0 saturated carbocycles. The van der Waals surface area contributed by atoms with Crippen LogP contribution in [-0.2, 0) is 5.41 Å². The molecule has 11 aromatic rings. The molecule has 1 spiro atoms. The average molecular weight is 742 g/mol. The number of aromatic nitrogens is 3. The Morgan fingerprint density at radius 1 is 0.421 bits per heavy atom. The maximum absolute atomic E-state index is 4.86. The van der Waals surface area contributed by atoms with Gasteiger partial charge < -0.3 is 0 Å². The molecule has 1 atom stereocenters. The van der Waals surface area contributed by atoms with Gasteiger partial charge in [-0.25, -0.2) is 9.97 Å². The van der Waals surface area contributed by atoms with E-state index in [9.17, 15) is 0 Å². The highest BCUT2D eigenvalue weighted by Gasteiger charge is 2.50. The molecule has 13 rings (SSSR count). The zero-order chi connectivity index (χ0) is 37.2. The summed E-state index contributed by atoms with van der Waals surface area (Å²) < 4.78 is 4.83. The van der Waals surface area contributed by atoms with Gasteiger partial charge in [0.2, 0.25) is 0 Å². The molecule has 0 bridgehead atoms. The largest absolute Gasteiger partial charge is 0.278 e. The predicted molar refractivity (Wildman–Crippen MR) is 236 cm³/mol. The Morgan fingerprint density at radius 2 is 1.09 bits per heavy atom. The van der Waals surface area contributed by atoms with Crippen molar-refractivity contribution in [3.05, 3.63) is 211 Å². The zero-order valence-corrected chi connectivity index (χ0v) is 31.5. The fourth-order valence-corrected chi connectivity index (χ4v) is 11.4. The van der Waals surface area contributed by atoms with E-state index in [-0.39, 0.29) is 0 Å². The lowest BCUT2D eigenvalue weighted by molar-refractivity contribution is 0.776. The van der Waals surface area contributed by atoms with Gasteiger partial charge in [0.15, 0.2) is 0 Å². The first-order valence-electron chi connectivity index (χ1n) is 19.5. The van der Waals surface area contributed by atoms with Gasteiger partial charge in [-0.3, -0.25) is 4.57 Å². The van der Waals surface area contributed by atoms with Crippen LogP contribution in [0.3, 0.4) is 0 Å². The number of hydrogen-bond acceptors (Lipinski definition) is 3. The number of hydrogen-bond donors (Lipinski definition) is 0. The van der Waals surface area contributed by atoms with Crippen LogP contribution >= 0.6 is 11.3 Å². The average Bonchev–Trinajstić information content (AvgIpc) is 3.90. The topological polar surface area (TPSA) is 30.7 Å². The SMILES string of the molecule is c1ccc(-n2c3ccc(-c4ccc5c(c4)C4(c6ccccc6-c6ccccc6-5)c5ccccc5-c5c4ccc4sc6ccccc6c54)cc3c3cccnc32)nc1. The van der Waals surface area contributed by atoms with E-state index in [4.69, 9.17) is 9.97 Å². The minimum absolute atomic E-state index is 0.576. The van der Waals surface area contributed by atoms with E-state index in [2.05, 4.69) is 156 Å². The summed E-state index contributed by atoms with van der Waals surface area (Å²) in [4.78, 5) is 9.59. The molecule has 0 saturated heterocycles. The smallest absolute Gasteiger partial charge is 0.146 e. The number of benzene rings is 7. The van der Waals surface area contributed by atoms with Gasteiger partial charge in [0, 0.05) is 43.3 Å². The first-order valence-corrected chi connectivity index (χ1v) is 20.3. The molecule has 4 aromatic heterocycles. The van der Waals surface area contributed by atoms with Crippen LogP contribution in [0.5, 0.6) is 0 Å². The van der Waals surface area contributed by atoms with E-state index in [1.54, 1.807) is 0 Å². The second-order valence-corrected chi connectivity index (χ2v) is 16.3. The number of pyridine rings is 2. The van der Waals surface area contributed by atoms with E-state index in [1.165, 1.54) is 86.9 Å². The second-order valence-electron chi connectivity index (χ2n) is 15.2. The molecule has 0 aliphatic heterocycles. The highest BCUT2D eigenvalue weighted by atomic mass is 32.1. The fourth-order valence-electron chi connectivity index (χ4n) is 10.3. The monoisotopic (exact) mass is 741 g/mol. The van der Waals surface area contributed by atoms with Gasteiger partial charge in [0.05, 0.1) is 10.9 Å². The maximum atomic E-state index is 4.86. The van der Waals surface area contributed by atoms with Gasteiger partial charge in [-0.1, -0.05) is 121 Å². The van der Waals surface area contributed by atoms with Gasteiger partial charge in [0.1, 0.15) is 11.5 Å². The van der Waals surface area contributed by atoms with Crippen molar-refractivity contribution in [3.8, 4) is 50.3 Å². The van der Waals surface area contributed by atoms with Crippen molar-refractivity contribution in [1.29, 1.82) is 0 Å². The van der Waals surface area contributed by atoms with Crippen molar-refractivity contribution in [2.24, 2.45) is 0 Å². The lowest BCUT2D eigenvalue weighted by Gasteiger charge is -2.35. The van der Waals surface area contributed by atoms with Crippen LogP contribution in [0.4, 0.5) is 0 Å². The van der Waals surface area contributed by atoms with Crippen molar-refractivity contribution in [2.75, 3.05) is 0 Å². The molecule has 3 nitrogen and oxygen atoms in total. The number of rotatable bonds is 2. The van der Waals surface area contributed by atoms with Crippen LogP contribution in [0.2, 0.25) is 0 Å². The molecule has 264 valence electrons. The van der Waals surface area contributed by atoms with Crippen LogP contribution < -0.4 is 0 Å². The van der Waals surface area contributed by atoms with Gasteiger partial charge >= 0.3 is 0 Å². The molecule has 4 heterocycles. The van der Waals surface area contributed by atoms with Crippen LogP contribution in [0.25, 0.3) is 92.4 Å². The van der Waals surface area contributed by atoms with E-state index in [0.29, 0.717) is 0 Å². The number of thiophene rings is 1. The predicted octanol–water partition coefficient (Wildman–Crippen LogP) is 13.6. The van der Waals surface area contributed by atoms with Crippen molar-refractivity contribution < 1.29 is 0 Å². The van der Waals surface area contributed by atoms with Crippen molar-refractivity contribution in [2.45, 2.75) is 5.41 Å². The van der Waals surface area contributed by atoms with E-state index in [1.807, 2.05) is 48.0 Å². The summed E-state index contributed by atoms with van der Waals surface area (Å²) in [5.41, 5.74) is 16.8. The summed E-state index contributed by atoms with van der Waals surface area (Å²) in [6.45, 7) is 0. The van der Waals surface area contributed by atoms with Crippen LogP contribution in [0.15, 0.2) is 188 Å². The Balaban J connectivity index is 1.15. The Kier molecular flexibility index (Phi) is 6.25. The van der Waals surface area contributed by atoms with Gasteiger partial charge in [-0.05, 0) is 121 Å². The Bertz CT molecular complexity index is 3480. The normalized spacial score (nSPS) is 15.1. The Hall–Kier alpha value is -7.14. The number of nitrogens with zero attached hydrogens (tertiary/aromatic N) is 3.